The topological polar surface area (TPSA) is 64.1 Å². The molecule has 2 heterocycles. The number of hydrogen-bond donors (Lipinski definition) is 1. The third-order valence-corrected chi connectivity index (χ3v) is 4.36. The lowest BCUT2D eigenvalue weighted by molar-refractivity contribution is 0.198. The van der Waals surface area contributed by atoms with Gasteiger partial charge in [0.05, 0.1) is 12.4 Å². The van der Waals surface area contributed by atoms with Crippen LogP contribution in [-0.2, 0) is 7.05 Å². The molecule has 0 saturated carbocycles. The number of thioether (sulfide) groups is 1. The van der Waals surface area contributed by atoms with Crippen molar-refractivity contribution < 1.29 is 18.3 Å². The molecule has 0 fully saturated rings. The fourth-order valence-electron chi connectivity index (χ4n) is 2.08. The van der Waals surface area contributed by atoms with Gasteiger partial charge in [0.1, 0.15) is 11.6 Å². The minimum Gasteiger partial charge on any atom is -0.461 e. The van der Waals surface area contributed by atoms with Crippen LogP contribution in [-0.4, -0.2) is 25.6 Å². The van der Waals surface area contributed by atoms with Gasteiger partial charge in [-0.3, -0.25) is 0 Å². The third-order valence-electron chi connectivity index (χ3n) is 3.27. The van der Waals surface area contributed by atoms with Gasteiger partial charge in [-0.2, -0.15) is 0 Å². The lowest BCUT2D eigenvalue weighted by Gasteiger charge is -2.11. The van der Waals surface area contributed by atoms with Gasteiger partial charge in [0.15, 0.2) is 16.7 Å². The van der Waals surface area contributed by atoms with Gasteiger partial charge in [-0.05, 0) is 18.2 Å². The lowest BCUT2D eigenvalue weighted by Crippen LogP contribution is -2.05. The van der Waals surface area contributed by atoms with E-state index in [1.807, 2.05) is 0 Å². The number of hydrogen-bond acceptors (Lipinski definition) is 5. The lowest BCUT2D eigenvalue weighted by atomic mass is 10.1. The molecule has 2 aromatic heterocycles. The minimum absolute atomic E-state index is 0.0485. The highest BCUT2D eigenvalue weighted by atomic mass is 32.2. The van der Waals surface area contributed by atoms with Crippen molar-refractivity contribution in [3.05, 3.63) is 53.8 Å². The Balaban J connectivity index is 1.71. The number of nitrogens with zero attached hydrogens (tertiary/aromatic N) is 3. The largest absolute Gasteiger partial charge is 0.461 e. The molecule has 5 nitrogen and oxygen atoms in total. The van der Waals surface area contributed by atoms with Gasteiger partial charge in [0.25, 0.3) is 0 Å². The maximum absolute atomic E-state index is 13.6. The molecule has 1 aromatic carbocycles. The first kappa shape index (κ1) is 15.7. The van der Waals surface area contributed by atoms with Crippen molar-refractivity contribution in [3.8, 4) is 11.6 Å². The van der Waals surface area contributed by atoms with E-state index in [1.165, 1.54) is 24.1 Å². The Morgan fingerprint density at radius 3 is 2.83 bits per heavy atom. The van der Waals surface area contributed by atoms with Gasteiger partial charge in [-0.15, -0.1) is 10.2 Å². The smallest absolute Gasteiger partial charge is 0.200 e. The van der Waals surface area contributed by atoms with Crippen LogP contribution >= 0.6 is 11.8 Å². The monoisotopic (exact) mass is 337 g/mol. The zero-order chi connectivity index (χ0) is 16.4. The Morgan fingerprint density at radius 1 is 1.30 bits per heavy atom. The summed E-state index contributed by atoms with van der Waals surface area (Å²) in [4.78, 5) is 0. The summed E-state index contributed by atoms with van der Waals surface area (Å²) in [6, 6.07) is 6.62. The van der Waals surface area contributed by atoms with E-state index in [2.05, 4.69) is 10.2 Å². The Labute approximate surface area is 135 Å². The van der Waals surface area contributed by atoms with Crippen LogP contribution < -0.4 is 0 Å². The molecule has 3 rings (SSSR count). The Morgan fingerprint density at radius 2 is 2.13 bits per heavy atom. The fraction of sp³-hybridized carbons (Fsp3) is 0.200. The number of halogens is 2. The SMILES string of the molecule is Cn1c(SCC(O)c2ccc(F)cc2F)nnc1-c1ccco1. The zero-order valence-electron chi connectivity index (χ0n) is 12.1. The number of furan rings is 1. The van der Waals surface area contributed by atoms with Crippen molar-refractivity contribution in [3.63, 3.8) is 0 Å². The summed E-state index contributed by atoms with van der Waals surface area (Å²) in [7, 11) is 1.77. The molecular formula is C15H13F2N3O2S. The van der Waals surface area contributed by atoms with Crippen LogP contribution in [0.3, 0.4) is 0 Å². The van der Waals surface area contributed by atoms with Crippen molar-refractivity contribution in [2.75, 3.05) is 5.75 Å². The van der Waals surface area contributed by atoms with Gasteiger partial charge in [0.2, 0.25) is 0 Å². The molecule has 0 aliphatic rings. The normalized spacial score (nSPS) is 12.5. The average Bonchev–Trinajstić information content (AvgIpc) is 3.14. The molecule has 1 N–H and O–H groups in total. The predicted molar refractivity (Wildman–Crippen MR) is 80.7 cm³/mol. The molecule has 8 heteroatoms. The number of benzene rings is 1. The molecule has 0 bridgehead atoms. The van der Waals surface area contributed by atoms with Crippen LogP contribution in [0, 0.1) is 11.6 Å². The third kappa shape index (κ3) is 3.27. The van der Waals surface area contributed by atoms with Gasteiger partial charge in [-0.1, -0.05) is 17.8 Å². The second-order valence-corrected chi connectivity index (χ2v) is 5.82. The van der Waals surface area contributed by atoms with Gasteiger partial charge >= 0.3 is 0 Å². The van der Waals surface area contributed by atoms with E-state index < -0.39 is 17.7 Å². The van der Waals surface area contributed by atoms with Crippen LogP contribution in [0.15, 0.2) is 46.2 Å². The maximum Gasteiger partial charge on any atom is 0.200 e. The highest BCUT2D eigenvalue weighted by Crippen LogP contribution is 2.27. The predicted octanol–water partition coefficient (Wildman–Crippen LogP) is 3.18. The maximum atomic E-state index is 13.6. The highest BCUT2D eigenvalue weighted by molar-refractivity contribution is 7.99. The van der Waals surface area contributed by atoms with E-state index in [0.717, 1.165) is 12.1 Å². The van der Waals surface area contributed by atoms with Crippen LogP contribution in [0.2, 0.25) is 0 Å². The zero-order valence-corrected chi connectivity index (χ0v) is 12.9. The molecule has 1 unspecified atom stereocenters. The average molecular weight is 337 g/mol. The standard InChI is InChI=1S/C15H13F2N3O2S/c1-20-14(13-3-2-6-22-13)18-19-15(20)23-8-12(21)10-5-4-9(16)7-11(10)17/h2-7,12,21H,8H2,1H3. The van der Waals surface area contributed by atoms with E-state index in [4.69, 9.17) is 4.42 Å². The molecular weight excluding hydrogens is 324 g/mol. The second kappa shape index (κ2) is 6.51. The minimum atomic E-state index is -1.08. The van der Waals surface area contributed by atoms with Gasteiger partial charge < -0.3 is 14.1 Å². The van der Waals surface area contributed by atoms with E-state index in [9.17, 15) is 13.9 Å². The Bertz CT molecular complexity index is 805. The summed E-state index contributed by atoms with van der Waals surface area (Å²) in [6.07, 6.45) is 0.460. The van der Waals surface area contributed by atoms with Crippen LogP contribution in [0.5, 0.6) is 0 Å². The molecule has 3 aromatic rings. The summed E-state index contributed by atoms with van der Waals surface area (Å²) in [5.41, 5.74) is 0.0485. The van der Waals surface area contributed by atoms with Crippen molar-refractivity contribution in [1.29, 1.82) is 0 Å². The quantitative estimate of drug-likeness (QED) is 0.725. The number of aromatic nitrogens is 3. The first-order valence-corrected chi connectivity index (χ1v) is 7.74. The van der Waals surface area contributed by atoms with Crippen LogP contribution in [0.1, 0.15) is 11.7 Å². The summed E-state index contributed by atoms with van der Waals surface area (Å²) < 4.78 is 33.5. The van der Waals surface area contributed by atoms with Crippen molar-refractivity contribution in [1.82, 2.24) is 14.8 Å². The molecule has 0 aliphatic carbocycles. The Kier molecular flexibility index (Phi) is 4.44. The molecule has 23 heavy (non-hydrogen) atoms. The molecule has 0 amide bonds. The Hall–Kier alpha value is -2.19. The van der Waals surface area contributed by atoms with Crippen molar-refractivity contribution in [2.24, 2.45) is 7.05 Å². The molecule has 0 saturated heterocycles. The summed E-state index contributed by atoms with van der Waals surface area (Å²) in [5.74, 6) is -0.154. The molecule has 1 atom stereocenters. The van der Waals surface area contributed by atoms with Gasteiger partial charge in [-0.25, -0.2) is 8.78 Å². The van der Waals surface area contributed by atoms with Crippen molar-refractivity contribution >= 4 is 11.8 Å². The van der Waals surface area contributed by atoms with Crippen molar-refractivity contribution in [2.45, 2.75) is 11.3 Å². The molecule has 0 aliphatic heterocycles. The van der Waals surface area contributed by atoms with E-state index in [1.54, 1.807) is 23.7 Å². The van der Waals surface area contributed by atoms with Crippen LogP contribution in [0.25, 0.3) is 11.6 Å². The number of aliphatic hydroxyl groups excluding tert-OH is 1. The van der Waals surface area contributed by atoms with E-state index in [0.29, 0.717) is 16.7 Å². The first-order valence-electron chi connectivity index (χ1n) is 6.75. The second-order valence-electron chi connectivity index (χ2n) is 4.84. The van der Waals surface area contributed by atoms with Crippen LogP contribution in [0.4, 0.5) is 8.78 Å². The number of aliphatic hydroxyl groups is 1. The summed E-state index contributed by atoms with van der Waals surface area (Å²) in [5, 5.41) is 18.7. The van der Waals surface area contributed by atoms with E-state index in [-0.39, 0.29) is 11.3 Å². The molecule has 120 valence electrons. The molecule has 0 spiro atoms. The highest BCUT2D eigenvalue weighted by Gasteiger charge is 2.17. The number of rotatable bonds is 5. The first-order chi connectivity index (χ1) is 11.1. The van der Waals surface area contributed by atoms with Gasteiger partial charge in [0, 0.05) is 24.4 Å². The summed E-state index contributed by atoms with van der Waals surface area (Å²) in [6.45, 7) is 0. The summed E-state index contributed by atoms with van der Waals surface area (Å²) >= 11 is 1.22. The fourth-order valence-corrected chi connectivity index (χ4v) is 2.94. The molecule has 0 radical (unpaired) electrons. The van der Waals surface area contributed by atoms with E-state index >= 15 is 0 Å².